The van der Waals surface area contributed by atoms with E-state index in [1.807, 2.05) is 41.6 Å². The summed E-state index contributed by atoms with van der Waals surface area (Å²) in [6, 6.07) is 8.21. The van der Waals surface area contributed by atoms with Crippen LogP contribution >= 0.6 is 54.5 Å². The molecule has 2 aromatic rings. The second-order valence-electron chi connectivity index (χ2n) is 4.19. The van der Waals surface area contributed by atoms with Gasteiger partial charge in [0.25, 0.3) is 0 Å². The van der Waals surface area contributed by atoms with E-state index >= 15 is 0 Å². The summed E-state index contributed by atoms with van der Waals surface area (Å²) in [5.41, 5.74) is 2.53. The molecule has 1 atom stereocenters. The maximum Gasteiger partial charge on any atom is 0.124 e. The van der Waals surface area contributed by atoms with E-state index in [1.165, 1.54) is 12.1 Å². The van der Waals surface area contributed by atoms with E-state index in [9.17, 15) is 9.50 Å². The molecule has 1 N–H and O–H groups in total. The van der Waals surface area contributed by atoms with Crippen LogP contribution < -0.4 is 0 Å². The molecule has 0 radical (unpaired) electrons. The number of aliphatic hydroxyl groups is 1. The first kappa shape index (κ1) is 15.4. The van der Waals surface area contributed by atoms with E-state index in [-0.39, 0.29) is 5.82 Å². The van der Waals surface area contributed by atoms with Gasteiger partial charge in [-0.25, -0.2) is 4.39 Å². The largest absolute Gasteiger partial charge is 0.384 e. The van der Waals surface area contributed by atoms with Crippen molar-refractivity contribution >= 4 is 54.5 Å². The molecular formula is C14H10Br2FIO. The maximum absolute atomic E-state index is 13.1. The summed E-state index contributed by atoms with van der Waals surface area (Å²) in [4.78, 5) is 0. The number of hydrogen-bond acceptors (Lipinski definition) is 1. The summed E-state index contributed by atoms with van der Waals surface area (Å²) in [5, 5.41) is 10.5. The van der Waals surface area contributed by atoms with Gasteiger partial charge in [0.1, 0.15) is 11.9 Å². The molecule has 2 aromatic carbocycles. The van der Waals surface area contributed by atoms with Crippen molar-refractivity contribution in [2.24, 2.45) is 0 Å². The highest BCUT2D eigenvalue weighted by Gasteiger charge is 2.18. The fraction of sp³-hybridized carbons (Fsp3) is 0.143. The van der Waals surface area contributed by atoms with Crippen molar-refractivity contribution < 1.29 is 9.50 Å². The molecule has 0 aliphatic rings. The Morgan fingerprint density at radius 2 is 1.79 bits per heavy atom. The van der Waals surface area contributed by atoms with E-state index in [1.54, 1.807) is 6.07 Å². The van der Waals surface area contributed by atoms with Crippen LogP contribution in [0.5, 0.6) is 0 Å². The van der Waals surface area contributed by atoms with Crippen LogP contribution in [-0.2, 0) is 0 Å². The monoisotopic (exact) mass is 498 g/mol. The highest BCUT2D eigenvalue weighted by molar-refractivity contribution is 14.1. The second-order valence-corrected chi connectivity index (χ2v) is 7.06. The normalized spacial score (nSPS) is 12.5. The second kappa shape index (κ2) is 6.20. The molecule has 1 nitrogen and oxygen atoms in total. The third kappa shape index (κ3) is 3.37. The minimum absolute atomic E-state index is 0.301. The Hall–Kier alpha value is 0.0200. The predicted octanol–water partition coefficient (Wildman–Crippen LogP) is 5.35. The van der Waals surface area contributed by atoms with E-state index in [4.69, 9.17) is 0 Å². The number of benzene rings is 2. The van der Waals surface area contributed by atoms with Gasteiger partial charge in [0.15, 0.2) is 0 Å². The summed E-state index contributed by atoms with van der Waals surface area (Å²) in [7, 11) is 0. The molecule has 0 heterocycles. The maximum atomic E-state index is 13.1. The molecule has 19 heavy (non-hydrogen) atoms. The van der Waals surface area contributed by atoms with Crippen molar-refractivity contribution in [2.45, 2.75) is 13.0 Å². The van der Waals surface area contributed by atoms with Crippen molar-refractivity contribution in [1.29, 1.82) is 0 Å². The van der Waals surface area contributed by atoms with Crippen LogP contribution in [0.15, 0.2) is 39.3 Å². The lowest BCUT2D eigenvalue weighted by atomic mass is 10.0. The predicted molar refractivity (Wildman–Crippen MR) is 89.8 cm³/mol. The van der Waals surface area contributed by atoms with E-state index in [0.717, 1.165) is 20.1 Å². The van der Waals surface area contributed by atoms with Gasteiger partial charge in [-0.15, -0.1) is 0 Å². The van der Waals surface area contributed by atoms with E-state index < -0.39 is 6.10 Å². The molecule has 0 amide bonds. The van der Waals surface area contributed by atoms with Gasteiger partial charge in [0.05, 0.1) is 0 Å². The molecular weight excluding hydrogens is 490 g/mol. The summed E-state index contributed by atoms with van der Waals surface area (Å²) in [6.45, 7) is 1.98. The molecule has 0 saturated heterocycles. The Balaban J connectivity index is 2.49. The van der Waals surface area contributed by atoms with E-state index in [2.05, 4.69) is 31.9 Å². The lowest BCUT2D eigenvalue weighted by Gasteiger charge is -2.16. The average Bonchev–Trinajstić information content (AvgIpc) is 2.33. The zero-order valence-electron chi connectivity index (χ0n) is 9.92. The molecule has 2 rings (SSSR count). The van der Waals surface area contributed by atoms with Gasteiger partial charge in [0, 0.05) is 18.1 Å². The lowest BCUT2D eigenvalue weighted by Crippen LogP contribution is -2.04. The summed E-state index contributed by atoms with van der Waals surface area (Å²) in [5.74, 6) is -0.301. The minimum Gasteiger partial charge on any atom is -0.384 e. The third-order valence-electron chi connectivity index (χ3n) is 2.83. The number of hydrogen-bond donors (Lipinski definition) is 1. The van der Waals surface area contributed by atoms with Gasteiger partial charge in [-0.3, -0.25) is 0 Å². The molecule has 0 saturated carbocycles. The summed E-state index contributed by atoms with van der Waals surface area (Å²) in [6.07, 6.45) is -0.793. The zero-order valence-corrected chi connectivity index (χ0v) is 15.3. The highest BCUT2D eigenvalue weighted by atomic mass is 127. The molecule has 0 bridgehead atoms. The summed E-state index contributed by atoms with van der Waals surface area (Å²) < 4.78 is 15.6. The van der Waals surface area contributed by atoms with Crippen molar-refractivity contribution in [2.75, 3.05) is 0 Å². The van der Waals surface area contributed by atoms with Gasteiger partial charge in [-0.1, -0.05) is 37.9 Å². The summed E-state index contributed by atoms with van der Waals surface area (Å²) >= 11 is 8.95. The highest BCUT2D eigenvalue weighted by Crippen LogP contribution is 2.34. The van der Waals surface area contributed by atoms with Gasteiger partial charge in [0.2, 0.25) is 0 Å². The first-order valence-electron chi connectivity index (χ1n) is 5.48. The zero-order chi connectivity index (χ0) is 14.2. The van der Waals surface area contributed by atoms with Crippen LogP contribution in [0.2, 0.25) is 0 Å². The smallest absolute Gasteiger partial charge is 0.124 e. The molecule has 1 unspecified atom stereocenters. The molecule has 0 fully saturated rings. The Morgan fingerprint density at radius 1 is 1.11 bits per heavy atom. The SMILES string of the molecule is Cc1cc(Br)c(C(O)c2ccc(F)cc2I)cc1Br. The van der Waals surface area contributed by atoms with Crippen molar-refractivity contribution in [3.63, 3.8) is 0 Å². The lowest BCUT2D eigenvalue weighted by molar-refractivity contribution is 0.218. The van der Waals surface area contributed by atoms with Crippen molar-refractivity contribution in [1.82, 2.24) is 0 Å². The fourth-order valence-electron chi connectivity index (χ4n) is 1.76. The van der Waals surface area contributed by atoms with Crippen LogP contribution in [0.4, 0.5) is 4.39 Å². The first-order chi connectivity index (χ1) is 8.90. The van der Waals surface area contributed by atoms with Crippen LogP contribution in [0.25, 0.3) is 0 Å². The number of rotatable bonds is 2. The first-order valence-corrected chi connectivity index (χ1v) is 8.15. The Bertz CT molecular complexity index is 631. The van der Waals surface area contributed by atoms with Crippen molar-refractivity contribution in [3.8, 4) is 0 Å². The topological polar surface area (TPSA) is 20.2 Å². The molecule has 0 aromatic heterocycles. The van der Waals surface area contributed by atoms with Crippen LogP contribution in [-0.4, -0.2) is 5.11 Å². The van der Waals surface area contributed by atoms with Gasteiger partial charge >= 0.3 is 0 Å². The number of aryl methyl sites for hydroxylation is 1. The third-order valence-corrected chi connectivity index (χ3v) is 5.30. The van der Waals surface area contributed by atoms with Crippen LogP contribution in [0.3, 0.4) is 0 Å². The van der Waals surface area contributed by atoms with Crippen molar-refractivity contribution in [3.05, 3.63) is 65.4 Å². The van der Waals surface area contributed by atoms with Crippen LogP contribution in [0.1, 0.15) is 22.8 Å². The Morgan fingerprint density at radius 3 is 2.42 bits per heavy atom. The molecule has 0 aliphatic carbocycles. The molecule has 100 valence electrons. The molecule has 5 heteroatoms. The Labute approximate surface area is 141 Å². The number of halogens is 4. The quantitative estimate of drug-likeness (QED) is 0.553. The molecule has 0 spiro atoms. The number of aliphatic hydroxyl groups excluding tert-OH is 1. The van der Waals surface area contributed by atoms with Gasteiger partial charge < -0.3 is 5.11 Å². The fourth-order valence-corrected chi connectivity index (χ4v) is 3.57. The minimum atomic E-state index is -0.793. The van der Waals surface area contributed by atoms with E-state index in [0.29, 0.717) is 9.13 Å². The van der Waals surface area contributed by atoms with Crippen LogP contribution in [0, 0.1) is 16.3 Å². The average molecular weight is 500 g/mol. The Kier molecular flexibility index (Phi) is 5.03. The standard InChI is InChI=1S/C14H10Br2FIO/c1-7-4-12(16)10(6-11(7)15)14(19)9-3-2-8(17)5-13(9)18/h2-6,14,19H,1H3. The van der Waals surface area contributed by atoms with Gasteiger partial charge in [-0.05, 0) is 64.9 Å². The van der Waals surface area contributed by atoms with Gasteiger partial charge in [-0.2, -0.15) is 0 Å². The molecule has 0 aliphatic heterocycles.